The number of ether oxygens (including phenoxy) is 2. The van der Waals surface area contributed by atoms with Crippen LogP contribution in [0.4, 0.5) is 8.78 Å². The molecule has 0 fully saturated rings. The zero-order chi connectivity index (χ0) is 17.3. The van der Waals surface area contributed by atoms with Crippen LogP contribution < -0.4 is 9.47 Å². The van der Waals surface area contributed by atoms with E-state index < -0.39 is 29.2 Å². The zero-order valence-electron chi connectivity index (χ0n) is 12.7. The lowest BCUT2D eigenvalue weighted by Crippen LogP contribution is -2.33. The van der Waals surface area contributed by atoms with E-state index in [0.29, 0.717) is 11.1 Å². The highest BCUT2D eigenvalue weighted by Gasteiger charge is 2.34. The summed E-state index contributed by atoms with van der Waals surface area (Å²) in [5, 5.41) is 0. The number of fused-ring (bicyclic) bond motifs is 1. The van der Waals surface area contributed by atoms with Crippen molar-refractivity contribution in [3.63, 3.8) is 0 Å². The highest BCUT2D eigenvalue weighted by molar-refractivity contribution is 6.21. The van der Waals surface area contributed by atoms with E-state index in [1.807, 2.05) is 0 Å². The van der Waals surface area contributed by atoms with Crippen molar-refractivity contribution in [2.45, 2.75) is 0 Å². The largest absolute Gasteiger partial charge is 0.492 e. The Balaban J connectivity index is 1.66. The van der Waals surface area contributed by atoms with Gasteiger partial charge in [0, 0.05) is 12.1 Å². The van der Waals surface area contributed by atoms with E-state index in [2.05, 4.69) is 4.74 Å². The summed E-state index contributed by atoms with van der Waals surface area (Å²) in [5.74, 6) is -3.16. The van der Waals surface area contributed by atoms with Gasteiger partial charge in [-0.3, -0.25) is 14.5 Å². The molecule has 0 atom stereocenters. The number of hydrogen-bond acceptors (Lipinski definition) is 4. The third-order valence-corrected chi connectivity index (χ3v) is 3.64. The molecule has 0 aliphatic carbocycles. The van der Waals surface area contributed by atoms with Gasteiger partial charge in [0.25, 0.3) is 11.8 Å². The molecule has 0 aromatic heterocycles. The molecule has 2 aromatic carbocycles. The second-order valence-electron chi connectivity index (χ2n) is 5.08. The van der Waals surface area contributed by atoms with Gasteiger partial charge in [-0.1, -0.05) is 12.1 Å². The maximum Gasteiger partial charge on any atom is 0.261 e. The van der Waals surface area contributed by atoms with Crippen LogP contribution in [0.25, 0.3) is 0 Å². The standard InChI is InChI=1S/C17H13F2NO4/c1-23-15-13(18)8-10(9-14(15)19)24-7-6-20-16(21)11-4-2-3-5-12(11)17(20)22/h2-5,8-9H,6-7H2,1H3. The smallest absolute Gasteiger partial charge is 0.261 e. The van der Waals surface area contributed by atoms with Gasteiger partial charge in [0.2, 0.25) is 0 Å². The van der Waals surface area contributed by atoms with Gasteiger partial charge in [-0.05, 0) is 12.1 Å². The Labute approximate surface area is 136 Å². The SMILES string of the molecule is COc1c(F)cc(OCCN2C(=O)c3ccccc3C2=O)cc1F. The van der Waals surface area contributed by atoms with E-state index in [-0.39, 0.29) is 18.9 Å². The van der Waals surface area contributed by atoms with Crippen molar-refractivity contribution in [3.05, 3.63) is 59.2 Å². The summed E-state index contributed by atoms with van der Waals surface area (Å²) < 4.78 is 37.0. The lowest BCUT2D eigenvalue weighted by Gasteiger charge is -2.15. The molecule has 124 valence electrons. The molecule has 0 saturated carbocycles. The fourth-order valence-electron chi connectivity index (χ4n) is 2.51. The number of benzene rings is 2. The molecule has 2 amide bonds. The summed E-state index contributed by atoms with van der Waals surface area (Å²) in [6.07, 6.45) is 0. The van der Waals surface area contributed by atoms with Gasteiger partial charge in [-0.25, -0.2) is 8.78 Å². The van der Waals surface area contributed by atoms with Crippen molar-refractivity contribution in [2.24, 2.45) is 0 Å². The summed E-state index contributed by atoms with van der Waals surface area (Å²) in [6.45, 7) is -0.113. The molecule has 0 saturated heterocycles. The molecular weight excluding hydrogens is 320 g/mol. The molecule has 0 spiro atoms. The van der Waals surface area contributed by atoms with Gasteiger partial charge >= 0.3 is 0 Å². The minimum atomic E-state index is -0.895. The number of hydrogen-bond donors (Lipinski definition) is 0. The van der Waals surface area contributed by atoms with E-state index in [4.69, 9.17) is 4.74 Å². The summed E-state index contributed by atoms with van der Waals surface area (Å²) in [5.41, 5.74) is 0.674. The minimum absolute atomic E-state index is 0.0262. The molecular formula is C17H13F2NO4. The molecule has 7 heteroatoms. The predicted molar refractivity (Wildman–Crippen MR) is 80.2 cm³/mol. The number of carbonyl (C=O) groups is 2. The molecule has 0 radical (unpaired) electrons. The van der Waals surface area contributed by atoms with Gasteiger partial charge in [0.15, 0.2) is 17.4 Å². The Morgan fingerprint density at radius 1 is 1.00 bits per heavy atom. The van der Waals surface area contributed by atoms with Crippen molar-refractivity contribution >= 4 is 11.8 Å². The topological polar surface area (TPSA) is 55.8 Å². The number of imide groups is 1. The number of methoxy groups -OCH3 is 1. The Morgan fingerprint density at radius 2 is 1.54 bits per heavy atom. The number of carbonyl (C=O) groups excluding carboxylic acids is 2. The van der Waals surface area contributed by atoms with E-state index in [0.717, 1.165) is 24.1 Å². The summed E-state index contributed by atoms with van der Waals surface area (Å²) in [7, 11) is 1.16. The maximum atomic E-state index is 13.6. The van der Waals surface area contributed by atoms with Crippen molar-refractivity contribution in [3.8, 4) is 11.5 Å². The van der Waals surface area contributed by atoms with Crippen LogP contribution >= 0.6 is 0 Å². The third kappa shape index (κ3) is 2.68. The molecule has 24 heavy (non-hydrogen) atoms. The Hall–Kier alpha value is -2.96. The maximum absolute atomic E-state index is 13.6. The fourth-order valence-corrected chi connectivity index (χ4v) is 2.51. The van der Waals surface area contributed by atoms with E-state index in [9.17, 15) is 18.4 Å². The number of halogens is 2. The highest BCUT2D eigenvalue weighted by Crippen LogP contribution is 2.27. The predicted octanol–water partition coefficient (Wildman–Crippen LogP) is 2.65. The second kappa shape index (κ2) is 6.27. The van der Waals surface area contributed by atoms with Crippen LogP contribution in [0.15, 0.2) is 36.4 Å². The quantitative estimate of drug-likeness (QED) is 0.790. The number of rotatable bonds is 5. The fraction of sp³-hybridized carbons (Fsp3) is 0.176. The van der Waals surface area contributed by atoms with Gasteiger partial charge < -0.3 is 9.47 Å². The summed E-state index contributed by atoms with van der Waals surface area (Å²) in [4.78, 5) is 25.4. The van der Waals surface area contributed by atoms with Gasteiger partial charge in [0.1, 0.15) is 12.4 Å². The summed E-state index contributed by atoms with van der Waals surface area (Å²) >= 11 is 0. The average molecular weight is 333 g/mol. The Bertz CT molecular complexity index is 764. The van der Waals surface area contributed by atoms with E-state index in [1.54, 1.807) is 24.3 Å². The number of nitrogens with zero attached hydrogens (tertiary/aromatic N) is 1. The monoisotopic (exact) mass is 333 g/mol. The van der Waals surface area contributed by atoms with Crippen molar-refractivity contribution < 1.29 is 27.8 Å². The highest BCUT2D eigenvalue weighted by atomic mass is 19.1. The van der Waals surface area contributed by atoms with Crippen LogP contribution in [0.3, 0.4) is 0 Å². The average Bonchev–Trinajstić information content (AvgIpc) is 2.80. The first-order valence-electron chi connectivity index (χ1n) is 7.14. The second-order valence-corrected chi connectivity index (χ2v) is 5.08. The van der Waals surface area contributed by atoms with Crippen LogP contribution in [0, 0.1) is 11.6 Å². The first-order chi connectivity index (χ1) is 11.5. The van der Waals surface area contributed by atoms with Crippen LogP contribution in [-0.4, -0.2) is 37.0 Å². The van der Waals surface area contributed by atoms with Gasteiger partial charge in [-0.2, -0.15) is 0 Å². The number of amides is 2. The molecule has 1 heterocycles. The lowest BCUT2D eigenvalue weighted by molar-refractivity contribution is 0.0631. The first-order valence-corrected chi connectivity index (χ1v) is 7.14. The van der Waals surface area contributed by atoms with Crippen molar-refractivity contribution in [2.75, 3.05) is 20.3 Å². The minimum Gasteiger partial charge on any atom is -0.492 e. The molecule has 3 rings (SSSR count). The van der Waals surface area contributed by atoms with Crippen LogP contribution in [-0.2, 0) is 0 Å². The van der Waals surface area contributed by atoms with Gasteiger partial charge in [-0.15, -0.1) is 0 Å². The third-order valence-electron chi connectivity index (χ3n) is 3.64. The molecule has 0 bridgehead atoms. The Kier molecular flexibility index (Phi) is 4.16. The molecule has 0 unspecified atom stereocenters. The van der Waals surface area contributed by atoms with E-state index >= 15 is 0 Å². The molecule has 1 aliphatic rings. The lowest BCUT2D eigenvalue weighted by atomic mass is 10.1. The summed E-state index contributed by atoms with van der Waals surface area (Å²) in [6, 6.07) is 8.45. The molecule has 1 aliphatic heterocycles. The normalized spacial score (nSPS) is 13.2. The molecule has 5 nitrogen and oxygen atoms in total. The van der Waals surface area contributed by atoms with Crippen LogP contribution in [0.2, 0.25) is 0 Å². The van der Waals surface area contributed by atoms with Crippen LogP contribution in [0.1, 0.15) is 20.7 Å². The van der Waals surface area contributed by atoms with Crippen molar-refractivity contribution in [1.82, 2.24) is 4.90 Å². The van der Waals surface area contributed by atoms with Crippen LogP contribution in [0.5, 0.6) is 11.5 Å². The van der Waals surface area contributed by atoms with Crippen molar-refractivity contribution in [1.29, 1.82) is 0 Å². The first kappa shape index (κ1) is 15.9. The Morgan fingerprint density at radius 3 is 2.04 bits per heavy atom. The zero-order valence-corrected chi connectivity index (χ0v) is 12.7. The van der Waals surface area contributed by atoms with Gasteiger partial charge in [0.05, 0.1) is 24.8 Å². The molecule has 0 N–H and O–H groups in total. The molecule has 2 aromatic rings. The van der Waals surface area contributed by atoms with E-state index in [1.165, 1.54) is 0 Å².